The lowest BCUT2D eigenvalue weighted by Crippen LogP contribution is -2.36. The van der Waals surface area contributed by atoms with Gasteiger partial charge in [0.1, 0.15) is 5.82 Å². The summed E-state index contributed by atoms with van der Waals surface area (Å²) in [5.74, 6) is 1.42. The van der Waals surface area contributed by atoms with Gasteiger partial charge in [0.25, 0.3) is 0 Å². The van der Waals surface area contributed by atoms with Crippen molar-refractivity contribution in [1.29, 1.82) is 0 Å². The number of aryl methyl sites for hydroxylation is 1. The first kappa shape index (κ1) is 17.2. The van der Waals surface area contributed by atoms with E-state index in [0.29, 0.717) is 31.6 Å². The number of hydrazone groups is 1. The Morgan fingerprint density at radius 2 is 2.12 bits per heavy atom. The number of nitrogens with one attached hydrogen (secondary N) is 1. The summed E-state index contributed by atoms with van der Waals surface area (Å²) in [6.07, 6.45) is 1.77. The molecule has 3 rings (SSSR count). The number of morpholine rings is 1. The zero-order chi connectivity index (χ0) is 17.5. The fourth-order valence-corrected chi connectivity index (χ4v) is 2.54. The van der Waals surface area contributed by atoms with Crippen LogP contribution in [0.4, 0.5) is 11.6 Å². The summed E-state index contributed by atoms with van der Waals surface area (Å²) in [6, 6.07) is 10.4. The SMILES string of the molecule is CCOc1nc(N/N=C/c2cccc(C)c2)cc(N2CCOCC2)n1. The number of ether oxygens (including phenoxy) is 2. The van der Waals surface area contributed by atoms with E-state index in [2.05, 4.69) is 44.5 Å². The molecule has 1 fully saturated rings. The predicted molar refractivity (Wildman–Crippen MR) is 98.6 cm³/mol. The smallest absolute Gasteiger partial charge is 0.320 e. The van der Waals surface area contributed by atoms with Gasteiger partial charge in [0.05, 0.1) is 26.0 Å². The lowest BCUT2D eigenvalue weighted by atomic mass is 10.2. The Morgan fingerprint density at radius 1 is 1.28 bits per heavy atom. The standard InChI is InChI=1S/C18H23N5O2/c1-3-25-18-20-16(12-17(21-18)23-7-9-24-10-8-23)22-19-13-15-6-4-5-14(2)11-15/h4-6,11-13H,3,7-10H2,1-2H3,(H,20,21,22)/b19-13+. The molecule has 2 heterocycles. The molecule has 0 bridgehead atoms. The molecule has 7 heteroatoms. The molecule has 0 atom stereocenters. The lowest BCUT2D eigenvalue weighted by molar-refractivity contribution is 0.122. The number of nitrogens with zero attached hydrogens (tertiary/aromatic N) is 4. The Kier molecular flexibility index (Phi) is 5.79. The summed E-state index contributed by atoms with van der Waals surface area (Å²) < 4.78 is 10.9. The minimum absolute atomic E-state index is 0.347. The van der Waals surface area contributed by atoms with E-state index in [9.17, 15) is 0 Å². The van der Waals surface area contributed by atoms with E-state index < -0.39 is 0 Å². The van der Waals surface area contributed by atoms with Crippen LogP contribution in [0.2, 0.25) is 0 Å². The lowest BCUT2D eigenvalue weighted by Gasteiger charge is -2.28. The van der Waals surface area contributed by atoms with E-state index in [0.717, 1.165) is 24.5 Å². The van der Waals surface area contributed by atoms with Crippen LogP contribution < -0.4 is 15.1 Å². The molecule has 0 unspecified atom stereocenters. The van der Waals surface area contributed by atoms with E-state index in [1.54, 1.807) is 6.21 Å². The van der Waals surface area contributed by atoms with Crippen molar-refractivity contribution in [1.82, 2.24) is 9.97 Å². The second-order valence-electron chi connectivity index (χ2n) is 5.71. The molecule has 1 aromatic carbocycles. The Balaban J connectivity index is 1.75. The third kappa shape index (κ3) is 4.90. The number of hydrogen-bond donors (Lipinski definition) is 1. The fraction of sp³-hybridized carbons (Fsp3) is 0.389. The Bertz CT molecular complexity index is 729. The van der Waals surface area contributed by atoms with Crippen LogP contribution in [0.15, 0.2) is 35.4 Å². The molecule has 132 valence electrons. The molecular formula is C18H23N5O2. The Morgan fingerprint density at radius 3 is 2.88 bits per heavy atom. The van der Waals surface area contributed by atoms with Gasteiger partial charge in [-0.25, -0.2) is 0 Å². The molecular weight excluding hydrogens is 318 g/mol. The average Bonchev–Trinajstić information content (AvgIpc) is 2.63. The molecule has 0 aliphatic carbocycles. The van der Waals surface area contributed by atoms with Gasteiger partial charge in [-0.1, -0.05) is 29.8 Å². The van der Waals surface area contributed by atoms with Crippen LogP contribution in [0, 0.1) is 6.92 Å². The zero-order valence-electron chi connectivity index (χ0n) is 14.6. The van der Waals surface area contributed by atoms with Crippen LogP contribution in [-0.4, -0.2) is 49.1 Å². The first-order valence-electron chi connectivity index (χ1n) is 8.45. The maximum Gasteiger partial charge on any atom is 0.320 e. The number of benzene rings is 1. The Labute approximate surface area is 147 Å². The topological polar surface area (TPSA) is 71.9 Å². The van der Waals surface area contributed by atoms with Crippen LogP contribution in [0.25, 0.3) is 0 Å². The van der Waals surface area contributed by atoms with Crippen LogP contribution in [-0.2, 0) is 4.74 Å². The second-order valence-corrected chi connectivity index (χ2v) is 5.71. The number of rotatable bonds is 6. The van der Waals surface area contributed by atoms with Gasteiger partial charge in [-0.05, 0) is 19.4 Å². The van der Waals surface area contributed by atoms with Crippen molar-refractivity contribution in [3.63, 3.8) is 0 Å². The highest BCUT2D eigenvalue weighted by molar-refractivity contribution is 5.80. The highest BCUT2D eigenvalue weighted by atomic mass is 16.5. The van der Waals surface area contributed by atoms with Gasteiger partial charge in [-0.15, -0.1) is 0 Å². The molecule has 1 saturated heterocycles. The molecule has 25 heavy (non-hydrogen) atoms. The molecule has 0 saturated carbocycles. The maximum atomic E-state index is 5.49. The maximum absolute atomic E-state index is 5.49. The molecule has 1 aliphatic rings. The molecule has 2 aromatic rings. The largest absolute Gasteiger partial charge is 0.464 e. The molecule has 7 nitrogen and oxygen atoms in total. The number of aromatic nitrogens is 2. The van der Waals surface area contributed by atoms with Gasteiger partial charge in [0.15, 0.2) is 5.82 Å². The van der Waals surface area contributed by atoms with Crippen molar-refractivity contribution < 1.29 is 9.47 Å². The summed E-state index contributed by atoms with van der Waals surface area (Å²) in [5.41, 5.74) is 5.19. The van der Waals surface area contributed by atoms with Crippen molar-refractivity contribution in [2.45, 2.75) is 13.8 Å². The van der Waals surface area contributed by atoms with Gasteiger partial charge < -0.3 is 14.4 Å². The third-order valence-corrected chi connectivity index (χ3v) is 3.74. The van der Waals surface area contributed by atoms with Crippen molar-refractivity contribution in [3.05, 3.63) is 41.5 Å². The minimum atomic E-state index is 0.347. The number of hydrogen-bond acceptors (Lipinski definition) is 7. The highest BCUT2D eigenvalue weighted by Gasteiger charge is 2.15. The predicted octanol–water partition coefficient (Wildman–Crippen LogP) is 2.47. The van der Waals surface area contributed by atoms with Crippen molar-refractivity contribution in [2.75, 3.05) is 43.2 Å². The van der Waals surface area contributed by atoms with E-state index in [1.165, 1.54) is 5.56 Å². The zero-order valence-corrected chi connectivity index (χ0v) is 14.6. The van der Waals surface area contributed by atoms with Crippen molar-refractivity contribution in [3.8, 4) is 6.01 Å². The van der Waals surface area contributed by atoms with Crippen LogP contribution >= 0.6 is 0 Å². The Hall–Kier alpha value is -2.67. The number of anilines is 2. The van der Waals surface area contributed by atoms with Gasteiger partial charge in [-0.3, -0.25) is 5.43 Å². The van der Waals surface area contributed by atoms with Gasteiger partial charge >= 0.3 is 6.01 Å². The van der Waals surface area contributed by atoms with E-state index in [-0.39, 0.29) is 0 Å². The summed E-state index contributed by atoms with van der Waals surface area (Å²) >= 11 is 0. The first-order chi connectivity index (χ1) is 12.2. The van der Waals surface area contributed by atoms with E-state index in [1.807, 2.05) is 25.1 Å². The van der Waals surface area contributed by atoms with E-state index >= 15 is 0 Å². The van der Waals surface area contributed by atoms with Crippen LogP contribution in [0.5, 0.6) is 6.01 Å². The molecule has 0 radical (unpaired) electrons. The molecule has 0 amide bonds. The van der Waals surface area contributed by atoms with Gasteiger partial charge in [-0.2, -0.15) is 15.1 Å². The third-order valence-electron chi connectivity index (χ3n) is 3.74. The monoisotopic (exact) mass is 341 g/mol. The quantitative estimate of drug-likeness (QED) is 0.643. The molecule has 0 spiro atoms. The van der Waals surface area contributed by atoms with Gasteiger partial charge in [0.2, 0.25) is 0 Å². The fourth-order valence-electron chi connectivity index (χ4n) is 2.54. The van der Waals surface area contributed by atoms with Crippen molar-refractivity contribution in [2.24, 2.45) is 5.10 Å². The highest BCUT2D eigenvalue weighted by Crippen LogP contribution is 2.20. The first-order valence-corrected chi connectivity index (χ1v) is 8.45. The van der Waals surface area contributed by atoms with E-state index in [4.69, 9.17) is 9.47 Å². The summed E-state index contributed by atoms with van der Waals surface area (Å²) in [4.78, 5) is 11.0. The van der Waals surface area contributed by atoms with Crippen molar-refractivity contribution >= 4 is 17.9 Å². The summed E-state index contributed by atoms with van der Waals surface area (Å²) in [6.45, 7) is 7.47. The molecule has 1 aromatic heterocycles. The summed E-state index contributed by atoms with van der Waals surface area (Å²) in [7, 11) is 0. The summed E-state index contributed by atoms with van der Waals surface area (Å²) in [5, 5.41) is 4.28. The molecule has 1 aliphatic heterocycles. The van der Waals surface area contributed by atoms with Crippen LogP contribution in [0.1, 0.15) is 18.1 Å². The average molecular weight is 341 g/mol. The van der Waals surface area contributed by atoms with Gasteiger partial charge in [0, 0.05) is 19.2 Å². The minimum Gasteiger partial charge on any atom is -0.464 e. The second kappa shape index (κ2) is 8.43. The normalized spacial score (nSPS) is 14.7. The molecule has 1 N–H and O–H groups in total. The van der Waals surface area contributed by atoms with Crippen LogP contribution in [0.3, 0.4) is 0 Å².